The number of aromatic nitrogens is 2. The molecular weight excluding hydrogens is 365 g/mol. The van der Waals surface area contributed by atoms with Crippen LogP contribution in [0.25, 0.3) is 16.9 Å². The summed E-state index contributed by atoms with van der Waals surface area (Å²) in [5, 5.41) is 24.8. The van der Waals surface area contributed by atoms with Crippen LogP contribution >= 0.6 is 0 Å². The summed E-state index contributed by atoms with van der Waals surface area (Å²) in [5.41, 5.74) is 3.57. The highest BCUT2D eigenvalue weighted by molar-refractivity contribution is 5.69. The Kier molecular flexibility index (Phi) is 5.00. The summed E-state index contributed by atoms with van der Waals surface area (Å²) in [6.07, 6.45) is 0. The van der Waals surface area contributed by atoms with Gasteiger partial charge in [0.25, 0.3) is 0 Å². The topological polar surface area (TPSA) is 61.8 Å². The lowest BCUT2D eigenvalue weighted by Gasteiger charge is -2.28. The summed E-state index contributed by atoms with van der Waals surface area (Å²) in [6.45, 7) is 12.3. The first kappa shape index (κ1) is 20.6. The summed E-state index contributed by atoms with van der Waals surface area (Å²) in [6, 6.07) is 13.7. The summed E-state index contributed by atoms with van der Waals surface area (Å²) < 4.78 is 15.0. The molecule has 0 saturated heterocycles. The molecule has 0 aliphatic carbocycles. The van der Waals surface area contributed by atoms with E-state index in [4.69, 9.17) is 0 Å². The number of benzene rings is 2. The number of rotatable bonds is 2. The smallest absolute Gasteiger partial charge is 0.163 e. The lowest BCUT2D eigenvalue weighted by molar-refractivity contribution is 0.423. The minimum absolute atomic E-state index is 0.270. The van der Waals surface area contributed by atoms with Gasteiger partial charge in [-0.3, -0.25) is 0 Å². The van der Waals surface area contributed by atoms with Gasteiger partial charge in [-0.05, 0) is 47.2 Å². The van der Waals surface area contributed by atoms with Crippen LogP contribution in [0.2, 0.25) is 0 Å². The summed E-state index contributed by atoms with van der Waals surface area (Å²) in [5.74, 6) is -0.0419. The van der Waals surface area contributed by atoms with Gasteiger partial charge >= 0.3 is 0 Å². The third-order valence-corrected chi connectivity index (χ3v) is 4.92. The first-order valence-electron chi connectivity index (χ1n) is 9.56. The summed E-state index contributed by atoms with van der Waals surface area (Å²) in [7, 11) is 0. The van der Waals surface area contributed by atoms with Gasteiger partial charge in [0.2, 0.25) is 0 Å². The van der Waals surface area contributed by atoms with E-state index in [2.05, 4.69) is 52.7 Å². The standard InChI is InChI=1S/C24H26FN3O/c1-23(2,3)19-11-15(12-20(22(19)29)24(4,5)6)21-13-17(14-26)27-28(21)18-9-7-16(25)8-10-18/h7-13,29H,1-6H3. The highest BCUT2D eigenvalue weighted by Crippen LogP contribution is 2.42. The Morgan fingerprint density at radius 2 is 1.45 bits per heavy atom. The molecule has 3 aromatic rings. The van der Waals surface area contributed by atoms with Crippen molar-refractivity contribution < 1.29 is 9.50 Å². The number of hydrogen-bond acceptors (Lipinski definition) is 3. The first-order valence-corrected chi connectivity index (χ1v) is 9.56. The molecule has 1 aromatic heterocycles. The molecule has 1 heterocycles. The number of aromatic hydroxyl groups is 1. The van der Waals surface area contributed by atoms with Crippen LogP contribution < -0.4 is 0 Å². The molecule has 0 unspecified atom stereocenters. The van der Waals surface area contributed by atoms with E-state index in [1.165, 1.54) is 12.1 Å². The van der Waals surface area contributed by atoms with E-state index in [0.717, 1.165) is 16.7 Å². The van der Waals surface area contributed by atoms with Crippen LogP contribution in [0.15, 0.2) is 42.5 Å². The Morgan fingerprint density at radius 3 is 1.90 bits per heavy atom. The number of nitriles is 1. The van der Waals surface area contributed by atoms with Gasteiger partial charge in [0, 0.05) is 22.8 Å². The van der Waals surface area contributed by atoms with Gasteiger partial charge in [0.15, 0.2) is 5.69 Å². The van der Waals surface area contributed by atoms with Crippen LogP contribution in [0.3, 0.4) is 0 Å². The molecule has 0 aliphatic rings. The van der Waals surface area contributed by atoms with Crippen molar-refractivity contribution in [1.82, 2.24) is 9.78 Å². The zero-order valence-electron chi connectivity index (χ0n) is 17.7. The molecule has 0 bridgehead atoms. The number of halogens is 1. The van der Waals surface area contributed by atoms with Crippen LogP contribution in [-0.4, -0.2) is 14.9 Å². The van der Waals surface area contributed by atoms with E-state index in [9.17, 15) is 14.8 Å². The summed E-state index contributed by atoms with van der Waals surface area (Å²) >= 11 is 0. The number of phenols is 1. The zero-order chi connectivity index (χ0) is 21.6. The maximum absolute atomic E-state index is 13.4. The molecule has 0 radical (unpaired) electrons. The SMILES string of the molecule is CC(C)(C)c1cc(-c2cc(C#N)nn2-c2ccc(F)cc2)cc(C(C)(C)C)c1O. The van der Waals surface area contributed by atoms with Crippen LogP contribution in [-0.2, 0) is 10.8 Å². The van der Waals surface area contributed by atoms with Gasteiger partial charge in [-0.1, -0.05) is 41.5 Å². The second-order valence-electron chi connectivity index (χ2n) is 9.33. The van der Waals surface area contributed by atoms with Gasteiger partial charge in [-0.15, -0.1) is 0 Å². The first-order chi connectivity index (χ1) is 13.4. The fourth-order valence-electron chi connectivity index (χ4n) is 3.35. The van der Waals surface area contributed by atoms with Crippen LogP contribution in [0, 0.1) is 17.1 Å². The lowest BCUT2D eigenvalue weighted by Crippen LogP contribution is -2.17. The van der Waals surface area contributed by atoms with E-state index < -0.39 is 0 Å². The molecule has 3 rings (SSSR count). The zero-order valence-corrected chi connectivity index (χ0v) is 17.7. The average Bonchev–Trinajstić information content (AvgIpc) is 3.05. The molecule has 0 amide bonds. The van der Waals surface area contributed by atoms with Crippen LogP contribution in [0.5, 0.6) is 5.75 Å². The summed E-state index contributed by atoms with van der Waals surface area (Å²) in [4.78, 5) is 0. The molecule has 5 heteroatoms. The highest BCUT2D eigenvalue weighted by Gasteiger charge is 2.27. The highest BCUT2D eigenvalue weighted by atomic mass is 19.1. The molecule has 0 atom stereocenters. The second-order valence-corrected chi connectivity index (χ2v) is 9.33. The lowest BCUT2D eigenvalue weighted by atomic mass is 9.78. The van der Waals surface area contributed by atoms with Crippen molar-refractivity contribution in [1.29, 1.82) is 5.26 Å². The van der Waals surface area contributed by atoms with E-state index in [1.54, 1.807) is 22.9 Å². The largest absolute Gasteiger partial charge is 0.507 e. The molecule has 4 nitrogen and oxygen atoms in total. The molecule has 1 N–H and O–H groups in total. The third kappa shape index (κ3) is 4.02. The van der Waals surface area contributed by atoms with E-state index in [0.29, 0.717) is 17.1 Å². The Bertz CT molecular complexity index is 1060. The third-order valence-electron chi connectivity index (χ3n) is 4.92. The molecule has 0 aliphatic heterocycles. The molecule has 2 aromatic carbocycles. The Balaban J connectivity index is 2.33. The van der Waals surface area contributed by atoms with E-state index in [-0.39, 0.29) is 22.3 Å². The van der Waals surface area contributed by atoms with Crippen molar-refractivity contribution in [3.63, 3.8) is 0 Å². The van der Waals surface area contributed by atoms with Gasteiger partial charge in [-0.25, -0.2) is 9.07 Å². The quantitative estimate of drug-likeness (QED) is 0.596. The van der Waals surface area contributed by atoms with Gasteiger partial charge in [-0.2, -0.15) is 10.4 Å². The van der Waals surface area contributed by atoms with Crippen molar-refractivity contribution in [2.24, 2.45) is 0 Å². The van der Waals surface area contributed by atoms with Crippen LogP contribution in [0.4, 0.5) is 4.39 Å². The van der Waals surface area contributed by atoms with Crippen LogP contribution in [0.1, 0.15) is 58.4 Å². The molecule has 150 valence electrons. The van der Waals surface area contributed by atoms with Crippen molar-refractivity contribution >= 4 is 0 Å². The van der Waals surface area contributed by atoms with Crippen molar-refractivity contribution in [2.75, 3.05) is 0 Å². The van der Waals surface area contributed by atoms with Gasteiger partial charge < -0.3 is 5.11 Å². The average molecular weight is 391 g/mol. The van der Waals surface area contributed by atoms with Crippen molar-refractivity contribution in [3.05, 3.63) is 65.1 Å². The normalized spacial score (nSPS) is 12.1. The molecular formula is C24H26FN3O. The fourth-order valence-corrected chi connectivity index (χ4v) is 3.35. The minimum atomic E-state index is -0.336. The predicted octanol–water partition coefficient (Wildman–Crippen LogP) is 5.85. The number of hydrogen-bond donors (Lipinski definition) is 1. The molecule has 0 saturated carbocycles. The van der Waals surface area contributed by atoms with E-state index in [1.807, 2.05) is 12.1 Å². The fraction of sp³-hybridized carbons (Fsp3) is 0.333. The molecule has 29 heavy (non-hydrogen) atoms. The number of phenolic OH excluding ortho intramolecular Hbond substituents is 1. The van der Waals surface area contributed by atoms with Gasteiger partial charge in [0.05, 0.1) is 11.4 Å². The van der Waals surface area contributed by atoms with Crippen molar-refractivity contribution in [3.8, 4) is 28.8 Å². The Hall–Kier alpha value is -3.13. The van der Waals surface area contributed by atoms with E-state index >= 15 is 0 Å². The minimum Gasteiger partial charge on any atom is -0.507 e. The maximum atomic E-state index is 13.4. The monoisotopic (exact) mass is 391 g/mol. The van der Waals surface area contributed by atoms with Gasteiger partial charge in [0.1, 0.15) is 17.6 Å². The van der Waals surface area contributed by atoms with Crippen molar-refractivity contribution in [2.45, 2.75) is 52.4 Å². The Labute approximate surface area is 171 Å². The molecule has 0 fully saturated rings. The number of nitrogens with zero attached hydrogens (tertiary/aromatic N) is 3. The predicted molar refractivity (Wildman–Crippen MR) is 113 cm³/mol. The maximum Gasteiger partial charge on any atom is 0.163 e. The molecule has 0 spiro atoms. The second kappa shape index (κ2) is 7.04. The Morgan fingerprint density at radius 1 is 0.931 bits per heavy atom.